The number of aromatic nitrogens is 4. The molecule has 0 aliphatic heterocycles. The smallest absolute Gasteiger partial charge is 0.305 e. The molecule has 0 saturated heterocycles. The number of carboxylic acid groups (broad SMARTS) is 1. The van der Waals surface area contributed by atoms with Crippen LogP contribution >= 0.6 is 0 Å². The summed E-state index contributed by atoms with van der Waals surface area (Å²) in [6, 6.07) is 11.1. The molecule has 0 aliphatic rings. The third-order valence-corrected chi connectivity index (χ3v) is 3.83. The van der Waals surface area contributed by atoms with Gasteiger partial charge in [-0.15, -0.1) is 0 Å². The van der Waals surface area contributed by atoms with E-state index in [0.29, 0.717) is 23.1 Å². The van der Waals surface area contributed by atoms with E-state index in [1.165, 1.54) is 0 Å². The van der Waals surface area contributed by atoms with Gasteiger partial charge >= 0.3 is 5.97 Å². The Hall–Kier alpha value is -3.42. The van der Waals surface area contributed by atoms with Gasteiger partial charge in [-0.1, -0.05) is 12.1 Å². The summed E-state index contributed by atoms with van der Waals surface area (Å²) in [6.45, 7) is 2.28. The monoisotopic (exact) mass is 368 g/mol. The maximum Gasteiger partial charge on any atom is 0.305 e. The Balaban J connectivity index is 1.75. The van der Waals surface area contributed by atoms with Crippen LogP contribution in [0.3, 0.4) is 0 Å². The molecular formula is C19H20N4O4. The van der Waals surface area contributed by atoms with Gasteiger partial charge in [-0.2, -0.15) is 5.10 Å². The molecule has 0 radical (unpaired) electrons. The summed E-state index contributed by atoms with van der Waals surface area (Å²) in [4.78, 5) is 19.6. The lowest BCUT2D eigenvalue weighted by molar-refractivity contribution is -0.137. The second-order valence-corrected chi connectivity index (χ2v) is 5.85. The van der Waals surface area contributed by atoms with Gasteiger partial charge in [0.15, 0.2) is 5.82 Å². The number of aryl methyl sites for hydroxylation is 2. The minimum Gasteiger partial charge on any atom is -0.496 e. The molecule has 27 heavy (non-hydrogen) atoms. The molecule has 0 spiro atoms. The summed E-state index contributed by atoms with van der Waals surface area (Å²) in [5, 5.41) is 13.1. The van der Waals surface area contributed by atoms with Crippen LogP contribution in [-0.2, 0) is 17.9 Å². The highest BCUT2D eigenvalue weighted by atomic mass is 16.5. The van der Waals surface area contributed by atoms with Crippen molar-refractivity contribution in [2.75, 3.05) is 7.11 Å². The van der Waals surface area contributed by atoms with Crippen molar-refractivity contribution in [2.24, 2.45) is 0 Å². The van der Waals surface area contributed by atoms with Gasteiger partial charge in [-0.3, -0.25) is 4.79 Å². The lowest BCUT2D eigenvalue weighted by atomic mass is 10.2. The predicted molar refractivity (Wildman–Crippen MR) is 97.6 cm³/mol. The van der Waals surface area contributed by atoms with Crippen molar-refractivity contribution in [1.29, 1.82) is 0 Å². The summed E-state index contributed by atoms with van der Waals surface area (Å²) in [5.41, 5.74) is 2.24. The van der Waals surface area contributed by atoms with E-state index < -0.39 is 5.97 Å². The molecule has 8 nitrogen and oxygen atoms in total. The van der Waals surface area contributed by atoms with E-state index in [2.05, 4.69) is 15.1 Å². The van der Waals surface area contributed by atoms with Crippen molar-refractivity contribution in [3.8, 4) is 23.0 Å². The van der Waals surface area contributed by atoms with Gasteiger partial charge < -0.3 is 14.6 Å². The lowest BCUT2D eigenvalue weighted by Crippen LogP contribution is -2.09. The predicted octanol–water partition coefficient (Wildman–Crippen LogP) is 2.71. The standard InChI is InChI=1S/C19H20N4O4/c1-13-11-17(23(22-13)10-8-18(24)25)27-12-14-7-9-20-19(21-14)15-5-3-4-6-16(15)26-2/h3-7,9,11H,8,10,12H2,1-2H3,(H,24,25). The third-order valence-electron chi connectivity index (χ3n) is 3.83. The summed E-state index contributed by atoms with van der Waals surface area (Å²) in [6.07, 6.45) is 1.64. The van der Waals surface area contributed by atoms with Gasteiger partial charge in [0.1, 0.15) is 12.4 Å². The minimum absolute atomic E-state index is 0.0249. The van der Waals surface area contributed by atoms with E-state index in [0.717, 1.165) is 11.3 Å². The zero-order valence-corrected chi connectivity index (χ0v) is 15.1. The van der Waals surface area contributed by atoms with E-state index in [1.54, 1.807) is 30.1 Å². The number of para-hydroxylation sites is 1. The molecule has 0 unspecified atom stereocenters. The largest absolute Gasteiger partial charge is 0.496 e. The topological polar surface area (TPSA) is 99.4 Å². The number of carbonyl (C=O) groups is 1. The first-order chi connectivity index (χ1) is 13.1. The number of ether oxygens (including phenoxy) is 2. The molecule has 0 amide bonds. The quantitative estimate of drug-likeness (QED) is 0.652. The van der Waals surface area contributed by atoms with Crippen LogP contribution in [0.15, 0.2) is 42.6 Å². The van der Waals surface area contributed by atoms with Gasteiger partial charge in [0, 0.05) is 12.3 Å². The Kier molecular flexibility index (Phi) is 5.65. The second-order valence-electron chi connectivity index (χ2n) is 5.85. The zero-order valence-electron chi connectivity index (χ0n) is 15.1. The van der Waals surface area contributed by atoms with E-state index in [9.17, 15) is 4.79 Å². The van der Waals surface area contributed by atoms with Crippen molar-refractivity contribution >= 4 is 5.97 Å². The molecule has 0 saturated carbocycles. The molecule has 8 heteroatoms. The van der Waals surface area contributed by atoms with Crippen molar-refractivity contribution < 1.29 is 19.4 Å². The molecule has 0 atom stereocenters. The summed E-state index contributed by atoms with van der Waals surface area (Å²) >= 11 is 0. The Morgan fingerprint density at radius 2 is 2.07 bits per heavy atom. The SMILES string of the molecule is COc1ccccc1-c1nccc(COc2cc(C)nn2CCC(=O)O)n1. The van der Waals surface area contributed by atoms with Crippen molar-refractivity contribution in [3.05, 3.63) is 54.0 Å². The molecule has 2 aromatic heterocycles. The first-order valence-electron chi connectivity index (χ1n) is 8.41. The van der Waals surface area contributed by atoms with Crippen molar-refractivity contribution in [2.45, 2.75) is 26.5 Å². The molecule has 2 heterocycles. The summed E-state index contributed by atoms with van der Waals surface area (Å²) in [7, 11) is 1.60. The summed E-state index contributed by atoms with van der Waals surface area (Å²) < 4.78 is 12.7. The van der Waals surface area contributed by atoms with Gasteiger partial charge in [0.25, 0.3) is 0 Å². The highest BCUT2D eigenvalue weighted by molar-refractivity contribution is 5.66. The Labute approximate surface area is 156 Å². The first-order valence-corrected chi connectivity index (χ1v) is 8.41. The molecule has 3 aromatic rings. The van der Waals surface area contributed by atoms with E-state index >= 15 is 0 Å². The fourth-order valence-corrected chi connectivity index (χ4v) is 2.58. The number of rotatable bonds is 8. The molecule has 1 aromatic carbocycles. The van der Waals surface area contributed by atoms with Crippen molar-refractivity contribution in [1.82, 2.24) is 19.7 Å². The van der Waals surface area contributed by atoms with Crippen LogP contribution in [0.25, 0.3) is 11.4 Å². The first kappa shape index (κ1) is 18.4. The van der Waals surface area contributed by atoms with Crippen LogP contribution in [0.2, 0.25) is 0 Å². The molecule has 3 rings (SSSR count). The van der Waals surface area contributed by atoms with Crippen LogP contribution in [-0.4, -0.2) is 37.9 Å². The van der Waals surface area contributed by atoms with Gasteiger partial charge in [-0.05, 0) is 25.1 Å². The number of aliphatic carboxylic acids is 1. The van der Waals surface area contributed by atoms with Gasteiger partial charge in [0.2, 0.25) is 5.88 Å². The van der Waals surface area contributed by atoms with E-state index in [4.69, 9.17) is 14.6 Å². The number of methoxy groups -OCH3 is 1. The Morgan fingerprint density at radius 1 is 1.26 bits per heavy atom. The number of nitrogens with zero attached hydrogens (tertiary/aromatic N) is 4. The number of benzene rings is 1. The molecule has 0 bridgehead atoms. The fourth-order valence-electron chi connectivity index (χ4n) is 2.58. The minimum atomic E-state index is -0.883. The van der Waals surface area contributed by atoms with Crippen LogP contribution in [0, 0.1) is 6.92 Å². The maximum atomic E-state index is 10.8. The van der Waals surface area contributed by atoms with Crippen LogP contribution in [0.1, 0.15) is 17.8 Å². The Morgan fingerprint density at radius 3 is 2.85 bits per heavy atom. The fraction of sp³-hybridized carbons (Fsp3) is 0.263. The number of hydrogen-bond acceptors (Lipinski definition) is 6. The average molecular weight is 368 g/mol. The van der Waals surface area contributed by atoms with Gasteiger partial charge in [-0.25, -0.2) is 14.6 Å². The van der Waals surface area contributed by atoms with Crippen LogP contribution in [0.4, 0.5) is 0 Å². The van der Waals surface area contributed by atoms with E-state index in [-0.39, 0.29) is 19.6 Å². The molecule has 1 N–H and O–H groups in total. The second kappa shape index (κ2) is 8.31. The normalized spacial score (nSPS) is 10.6. The van der Waals surface area contributed by atoms with Gasteiger partial charge in [0.05, 0.1) is 37.0 Å². The molecule has 140 valence electrons. The average Bonchev–Trinajstić information content (AvgIpc) is 3.04. The highest BCUT2D eigenvalue weighted by Crippen LogP contribution is 2.26. The Bertz CT molecular complexity index is 939. The number of hydrogen-bond donors (Lipinski definition) is 1. The highest BCUT2D eigenvalue weighted by Gasteiger charge is 2.11. The lowest BCUT2D eigenvalue weighted by Gasteiger charge is -2.10. The van der Waals surface area contributed by atoms with E-state index in [1.807, 2.05) is 31.2 Å². The summed E-state index contributed by atoms with van der Waals surface area (Å²) in [5.74, 6) is 0.861. The number of carboxylic acids is 1. The van der Waals surface area contributed by atoms with Crippen molar-refractivity contribution in [3.63, 3.8) is 0 Å². The van der Waals surface area contributed by atoms with Crippen LogP contribution < -0.4 is 9.47 Å². The maximum absolute atomic E-state index is 10.8. The molecule has 0 fully saturated rings. The van der Waals surface area contributed by atoms with Crippen LogP contribution in [0.5, 0.6) is 11.6 Å². The third kappa shape index (κ3) is 4.60. The molecule has 0 aliphatic carbocycles. The molecular weight excluding hydrogens is 348 g/mol. The zero-order chi connectivity index (χ0) is 19.2.